The molecule has 0 spiro atoms. The number of urea groups is 1. The van der Waals surface area contributed by atoms with Crippen molar-refractivity contribution in [3.63, 3.8) is 0 Å². The van der Waals surface area contributed by atoms with Crippen LogP contribution in [0.3, 0.4) is 0 Å². The quantitative estimate of drug-likeness (QED) is 0.225. The summed E-state index contributed by atoms with van der Waals surface area (Å²) in [6.45, 7) is 9.25. The Hall–Kier alpha value is -3.66. The molecule has 0 saturated carbocycles. The van der Waals surface area contributed by atoms with Crippen LogP contribution < -0.4 is 10.6 Å². The normalized spacial score (nSPS) is 14.9. The van der Waals surface area contributed by atoms with Gasteiger partial charge in [0.05, 0.1) is 16.3 Å². The fraction of sp³-hybridized carbons (Fsp3) is 0.333. The highest BCUT2D eigenvalue weighted by Gasteiger charge is 2.29. The van der Waals surface area contributed by atoms with Crippen molar-refractivity contribution in [1.82, 2.24) is 14.1 Å². The van der Waals surface area contributed by atoms with E-state index in [9.17, 15) is 13.2 Å². The summed E-state index contributed by atoms with van der Waals surface area (Å²) in [6.07, 6.45) is 2.34. The van der Waals surface area contributed by atoms with E-state index in [-0.39, 0.29) is 16.3 Å². The summed E-state index contributed by atoms with van der Waals surface area (Å²) in [5, 5.41) is 11.2. The SMILES string of the molecule is Cc1ccc(-n2nc(C(C)(C)C)cc2NC(=O)Nc2cccc(CC3CCN(S(=O)(=O)c4ccc(Cl)cc4)CC3)c2)cc1. The number of aryl methyl sites for hydroxylation is 1. The van der Waals surface area contributed by atoms with Gasteiger partial charge in [0.2, 0.25) is 10.0 Å². The highest BCUT2D eigenvalue weighted by Crippen LogP contribution is 2.29. The number of rotatable bonds is 7. The van der Waals surface area contributed by atoms with Gasteiger partial charge in [0, 0.05) is 35.3 Å². The summed E-state index contributed by atoms with van der Waals surface area (Å²) in [6, 6.07) is 23.7. The average Bonchev–Trinajstić information content (AvgIpc) is 3.38. The minimum Gasteiger partial charge on any atom is -0.308 e. The summed E-state index contributed by atoms with van der Waals surface area (Å²) in [5.74, 6) is 0.933. The molecule has 43 heavy (non-hydrogen) atoms. The number of benzene rings is 3. The lowest BCUT2D eigenvalue weighted by molar-refractivity contribution is 0.262. The molecule has 1 saturated heterocycles. The zero-order valence-corrected chi connectivity index (χ0v) is 26.5. The van der Waals surface area contributed by atoms with Gasteiger partial charge in [-0.05, 0) is 86.2 Å². The first kappa shape index (κ1) is 30.8. The maximum Gasteiger partial charge on any atom is 0.324 e. The number of carbonyl (C=O) groups excluding carboxylic acids is 1. The molecule has 0 aliphatic carbocycles. The molecule has 0 radical (unpaired) electrons. The molecule has 226 valence electrons. The number of anilines is 2. The van der Waals surface area contributed by atoms with Crippen LogP contribution in [-0.2, 0) is 21.9 Å². The molecule has 1 fully saturated rings. The maximum atomic E-state index is 13.1. The highest BCUT2D eigenvalue weighted by molar-refractivity contribution is 7.89. The monoisotopic (exact) mass is 619 g/mol. The molecule has 10 heteroatoms. The van der Waals surface area contributed by atoms with E-state index >= 15 is 0 Å². The maximum absolute atomic E-state index is 13.1. The average molecular weight is 620 g/mol. The second-order valence-corrected chi connectivity index (χ2v) is 14.6. The van der Waals surface area contributed by atoms with E-state index < -0.39 is 10.0 Å². The van der Waals surface area contributed by atoms with Gasteiger partial charge >= 0.3 is 6.03 Å². The lowest BCUT2D eigenvalue weighted by Gasteiger charge is -2.31. The van der Waals surface area contributed by atoms with Crippen LogP contribution in [0.15, 0.2) is 83.8 Å². The standard InChI is InChI=1S/C33H38ClN5O3S/c1-23-8-12-28(13-9-23)39-31(22-30(37-39)33(2,3)4)36-32(40)35-27-7-5-6-25(21-27)20-24-16-18-38(19-17-24)43(41,42)29-14-10-26(34)11-15-29/h5-15,21-22,24H,16-20H2,1-4H3,(H2,35,36,40). The Bertz CT molecular complexity index is 1690. The van der Waals surface area contributed by atoms with Gasteiger partial charge in [0.15, 0.2) is 0 Å². The van der Waals surface area contributed by atoms with Crippen molar-refractivity contribution in [3.8, 4) is 5.69 Å². The summed E-state index contributed by atoms with van der Waals surface area (Å²) in [5.41, 5.74) is 4.48. The van der Waals surface area contributed by atoms with Crippen molar-refractivity contribution in [2.24, 2.45) is 5.92 Å². The van der Waals surface area contributed by atoms with Crippen molar-refractivity contribution in [1.29, 1.82) is 0 Å². The molecule has 8 nitrogen and oxygen atoms in total. The van der Waals surface area contributed by atoms with Gasteiger partial charge in [-0.25, -0.2) is 17.9 Å². The molecule has 2 heterocycles. The Morgan fingerprint density at radius 2 is 1.63 bits per heavy atom. The second-order valence-electron chi connectivity index (χ2n) is 12.2. The lowest BCUT2D eigenvalue weighted by atomic mass is 9.91. The van der Waals surface area contributed by atoms with E-state index in [1.165, 1.54) is 0 Å². The van der Waals surface area contributed by atoms with Gasteiger partial charge in [-0.3, -0.25) is 5.32 Å². The first-order chi connectivity index (χ1) is 20.4. The molecule has 2 amide bonds. The van der Waals surface area contributed by atoms with Crippen molar-refractivity contribution in [3.05, 3.63) is 101 Å². The predicted octanol–water partition coefficient (Wildman–Crippen LogP) is 7.42. The minimum atomic E-state index is -3.54. The first-order valence-electron chi connectivity index (χ1n) is 14.5. The molecule has 1 aliphatic heterocycles. The van der Waals surface area contributed by atoms with E-state index in [0.717, 1.165) is 41.8 Å². The molecule has 0 unspecified atom stereocenters. The first-order valence-corrected chi connectivity index (χ1v) is 16.3. The van der Waals surface area contributed by atoms with Crippen LogP contribution >= 0.6 is 11.6 Å². The summed E-state index contributed by atoms with van der Waals surface area (Å²) < 4.78 is 29.4. The van der Waals surface area contributed by atoms with Gasteiger partial charge in [-0.1, -0.05) is 62.2 Å². The zero-order valence-electron chi connectivity index (χ0n) is 25.0. The van der Waals surface area contributed by atoms with E-state index in [2.05, 4.69) is 31.4 Å². The van der Waals surface area contributed by atoms with Crippen LogP contribution in [0.4, 0.5) is 16.3 Å². The fourth-order valence-electron chi connectivity index (χ4n) is 5.22. The molecule has 5 rings (SSSR count). The smallest absolute Gasteiger partial charge is 0.308 e. The van der Waals surface area contributed by atoms with Gasteiger partial charge in [-0.2, -0.15) is 9.40 Å². The molecule has 3 aromatic carbocycles. The largest absolute Gasteiger partial charge is 0.324 e. The molecule has 1 aromatic heterocycles. The topological polar surface area (TPSA) is 96.3 Å². The fourth-order valence-corrected chi connectivity index (χ4v) is 6.81. The third-order valence-electron chi connectivity index (χ3n) is 7.73. The van der Waals surface area contributed by atoms with Gasteiger partial charge in [0.1, 0.15) is 5.82 Å². The van der Waals surface area contributed by atoms with E-state index in [1.807, 2.05) is 61.5 Å². The number of aromatic nitrogens is 2. The Balaban J connectivity index is 1.21. The third kappa shape index (κ3) is 7.47. The van der Waals surface area contributed by atoms with E-state index in [1.54, 1.807) is 33.3 Å². The van der Waals surface area contributed by atoms with Crippen LogP contribution in [-0.4, -0.2) is 41.6 Å². The number of hydrogen-bond donors (Lipinski definition) is 2. The minimum absolute atomic E-state index is 0.187. The van der Waals surface area contributed by atoms with Crippen molar-refractivity contribution in [2.45, 2.75) is 57.3 Å². The zero-order chi connectivity index (χ0) is 30.8. The number of amides is 2. The van der Waals surface area contributed by atoms with Gasteiger partial charge < -0.3 is 5.32 Å². The number of halogens is 1. The summed E-state index contributed by atoms with van der Waals surface area (Å²) >= 11 is 5.93. The number of sulfonamides is 1. The Labute approximate surface area is 259 Å². The Morgan fingerprint density at radius 1 is 0.953 bits per heavy atom. The number of nitrogens with zero attached hydrogens (tertiary/aromatic N) is 3. The van der Waals surface area contributed by atoms with Crippen molar-refractivity contribution in [2.75, 3.05) is 23.7 Å². The van der Waals surface area contributed by atoms with Crippen LogP contribution in [0.25, 0.3) is 5.69 Å². The summed E-state index contributed by atoms with van der Waals surface area (Å²) in [4.78, 5) is 13.4. The van der Waals surface area contributed by atoms with E-state index in [0.29, 0.717) is 35.5 Å². The Kier molecular flexibility index (Phi) is 8.96. The van der Waals surface area contributed by atoms with Crippen LogP contribution in [0.2, 0.25) is 5.02 Å². The molecule has 1 aliphatic rings. The van der Waals surface area contributed by atoms with Crippen LogP contribution in [0.5, 0.6) is 0 Å². The molecular formula is C33H38ClN5O3S. The van der Waals surface area contributed by atoms with E-state index in [4.69, 9.17) is 16.7 Å². The highest BCUT2D eigenvalue weighted by atomic mass is 35.5. The summed E-state index contributed by atoms with van der Waals surface area (Å²) in [7, 11) is -3.54. The lowest BCUT2D eigenvalue weighted by Crippen LogP contribution is -2.38. The molecule has 4 aromatic rings. The predicted molar refractivity (Wildman–Crippen MR) is 173 cm³/mol. The molecular weight excluding hydrogens is 582 g/mol. The van der Waals surface area contributed by atoms with Gasteiger partial charge in [-0.15, -0.1) is 0 Å². The van der Waals surface area contributed by atoms with Gasteiger partial charge in [0.25, 0.3) is 0 Å². The Morgan fingerprint density at radius 3 is 2.28 bits per heavy atom. The van der Waals surface area contributed by atoms with Crippen molar-refractivity contribution >= 4 is 39.2 Å². The van der Waals surface area contributed by atoms with Crippen molar-refractivity contribution < 1.29 is 13.2 Å². The molecule has 0 atom stereocenters. The number of hydrogen-bond acceptors (Lipinski definition) is 4. The molecule has 0 bridgehead atoms. The third-order valence-corrected chi connectivity index (χ3v) is 9.90. The molecule has 2 N–H and O–H groups in total. The number of nitrogens with one attached hydrogen (secondary N) is 2. The van der Waals surface area contributed by atoms with Crippen LogP contribution in [0.1, 0.15) is 50.4 Å². The number of carbonyl (C=O) groups is 1. The van der Waals surface area contributed by atoms with Crippen LogP contribution in [0, 0.1) is 12.8 Å². The number of piperidine rings is 1. The second kappa shape index (κ2) is 12.5.